The summed E-state index contributed by atoms with van der Waals surface area (Å²) < 4.78 is 0. The Morgan fingerprint density at radius 1 is 1.21 bits per heavy atom. The van der Waals surface area contributed by atoms with E-state index in [1.165, 1.54) is 48.8 Å². The molecule has 0 radical (unpaired) electrons. The predicted octanol–water partition coefficient (Wildman–Crippen LogP) is 5.32. The maximum Gasteiger partial charge on any atom is 0.0654 e. The molecular formula is C17H23NS. The lowest BCUT2D eigenvalue weighted by Crippen LogP contribution is -2.12. The molecule has 0 unspecified atom stereocenters. The van der Waals surface area contributed by atoms with E-state index in [4.69, 9.17) is 12.2 Å². The molecule has 0 heterocycles. The molecule has 2 rings (SSSR count). The minimum atomic E-state index is 0.804. The zero-order valence-corrected chi connectivity index (χ0v) is 12.9. The van der Waals surface area contributed by atoms with E-state index in [1.54, 1.807) is 0 Å². The van der Waals surface area contributed by atoms with E-state index in [1.807, 2.05) is 0 Å². The Hall–Kier alpha value is -1.02. The van der Waals surface area contributed by atoms with Gasteiger partial charge >= 0.3 is 0 Å². The molecule has 0 N–H and O–H groups in total. The summed E-state index contributed by atoms with van der Waals surface area (Å²) in [6.07, 6.45) is 7.95. The van der Waals surface area contributed by atoms with Gasteiger partial charge in [-0.05, 0) is 61.7 Å². The average Bonchev–Trinajstić information content (AvgIpc) is 2.42. The fraction of sp³-hybridized carbons (Fsp3) is 0.529. The number of benzene rings is 1. The molecule has 0 amide bonds. The van der Waals surface area contributed by atoms with Crippen molar-refractivity contribution in [2.75, 3.05) is 0 Å². The third-order valence-electron chi connectivity index (χ3n) is 4.21. The Morgan fingerprint density at radius 3 is 2.53 bits per heavy atom. The number of rotatable bonds is 4. The molecule has 0 saturated heterocycles. The van der Waals surface area contributed by atoms with Gasteiger partial charge in [-0.15, -0.1) is 0 Å². The number of aryl methyl sites for hydroxylation is 2. The van der Waals surface area contributed by atoms with E-state index >= 15 is 0 Å². The largest absolute Gasteiger partial charge is 0.264 e. The predicted molar refractivity (Wildman–Crippen MR) is 88.0 cm³/mol. The van der Waals surface area contributed by atoms with Crippen molar-refractivity contribution in [2.45, 2.75) is 52.4 Å². The summed E-state index contributed by atoms with van der Waals surface area (Å²) in [5, 5.41) is 0. The maximum atomic E-state index is 5.68. The van der Waals surface area contributed by atoms with Crippen LogP contribution in [0.3, 0.4) is 0 Å². The van der Waals surface area contributed by atoms with Gasteiger partial charge in [0.25, 0.3) is 0 Å². The van der Waals surface area contributed by atoms with Crippen molar-refractivity contribution >= 4 is 29.5 Å². The average molecular weight is 273 g/mol. The first kappa shape index (κ1) is 14.4. The summed E-state index contributed by atoms with van der Waals surface area (Å²) in [5.74, 6) is 0.804. The first-order valence-electron chi connectivity index (χ1n) is 7.23. The summed E-state index contributed by atoms with van der Waals surface area (Å²) in [5.41, 5.74) is 4.61. The zero-order valence-electron chi connectivity index (χ0n) is 12.0. The highest BCUT2D eigenvalue weighted by Gasteiger charge is 2.17. The molecule has 0 aromatic heterocycles. The van der Waals surface area contributed by atoms with E-state index in [2.05, 4.69) is 37.7 Å². The second-order valence-corrected chi connectivity index (χ2v) is 6.24. The topological polar surface area (TPSA) is 12.4 Å². The number of hydrogen-bond donors (Lipinski definition) is 0. The smallest absolute Gasteiger partial charge is 0.0654 e. The molecule has 102 valence electrons. The molecule has 2 heteroatoms. The second-order valence-electron chi connectivity index (χ2n) is 5.74. The van der Waals surface area contributed by atoms with Crippen LogP contribution in [0.5, 0.6) is 0 Å². The number of hydrogen-bond acceptors (Lipinski definition) is 2. The van der Waals surface area contributed by atoms with Gasteiger partial charge < -0.3 is 0 Å². The summed E-state index contributed by atoms with van der Waals surface area (Å²) in [7, 11) is 0. The van der Waals surface area contributed by atoms with Crippen LogP contribution >= 0.6 is 12.2 Å². The van der Waals surface area contributed by atoms with E-state index in [0.717, 1.165) is 22.9 Å². The summed E-state index contributed by atoms with van der Waals surface area (Å²) in [4.78, 5) is 5.18. The van der Waals surface area contributed by atoms with Crippen LogP contribution in [0.25, 0.3) is 0 Å². The third-order valence-corrected chi connectivity index (χ3v) is 4.60. The van der Waals surface area contributed by atoms with Gasteiger partial charge in [-0.3, -0.25) is 4.99 Å². The number of aliphatic imine (C=N–C) groups is 1. The molecule has 1 aromatic rings. The van der Waals surface area contributed by atoms with Crippen LogP contribution in [0.15, 0.2) is 17.1 Å². The lowest BCUT2D eigenvalue weighted by molar-refractivity contribution is 0.369. The standard InChI is InChI=1S/C17H23NS/c1-12-10-16(18-3)13(2)9-15(12)17(19)11-14-7-5-4-6-8-14/h9-10,14H,3-8,11H2,1-2H3. The van der Waals surface area contributed by atoms with Crippen LogP contribution in [0.1, 0.15) is 55.2 Å². The van der Waals surface area contributed by atoms with Gasteiger partial charge in [0.1, 0.15) is 0 Å². The molecule has 1 nitrogen and oxygen atoms in total. The Bertz CT molecular complexity index is 484. The van der Waals surface area contributed by atoms with Gasteiger partial charge in [-0.1, -0.05) is 44.3 Å². The minimum Gasteiger partial charge on any atom is -0.264 e. The monoisotopic (exact) mass is 273 g/mol. The fourth-order valence-electron chi connectivity index (χ4n) is 3.04. The van der Waals surface area contributed by atoms with Crippen LogP contribution < -0.4 is 0 Å². The lowest BCUT2D eigenvalue weighted by atomic mass is 9.84. The third kappa shape index (κ3) is 3.50. The highest BCUT2D eigenvalue weighted by atomic mass is 32.1. The van der Waals surface area contributed by atoms with Crippen molar-refractivity contribution in [3.63, 3.8) is 0 Å². The van der Waals surface area contributed by atoms with Crippen molar-refractivity contribution in [3.05, 3.63) is 28.8 Å². The van der Waals surface area contributed by atoms with Gasteiger partial charge in [-0.2, -0.15) is 0 Å². The van der Waals surface area contributed by atoms with E-state index in [-0.39, 0.29) is 0 Å². The SMILES string of the molecule is C=Nc1cc(C)c(C(=S)CC2CCCCC2)cc1C. The second kappa shape index (κ2) is 6.42. The maximum absolute atomic E-state index is 5.68. The number of nitrogens with zero attached hydrogens (tertiary/aromatic N) is 1. The van der Waals surface area contributed by atoms with Crippen LogP contribution in [0, 0.1) is 19.8 Å². The fourth-order valence-corrected chi connectivity index (χ4v) is 3.49. The molecule has 0 bridgehead atoms. The quantitative estimate of drug-likeness (QED) is 0.410. The highest BCUT2D eigenvalue weighted by Crippen LogP contribution is 2.30. The molecule has 1 fully saturated rings. The van der Waals surface area contributed by atoms with Crippen LogP contribution in [0.4, 0.5) is 5.69 Å². The van der Waals surface area contributed by atoms with Gasteiger partial charge in [0, 0.05) is 4.86 Å². The van der Waals surface area contributed by atoms with Gasteiger partial charge in [0.05, 0.1) is 5.69 Å². The highest BCUT2D eigenvalue weighted by molar-refractivity contribution is 7.80. The molecule has 0 aliphatic heterocycles. The van der Waals surface area contributed by atoms with Crippen molar-refractivity contribution in [1.82, 2.24) is 0 Å². The van der Waals surface area contributed by atoms with Crippen LogP contribution in [-0.4, -0.2) is 11.6 Å². The van der Waals surface area contributed by atoms with Crippen LogP contribution in [0.2, 0.25) is 0 Å². The summed E-state index contributed by atoms with van der Waals surface area (Å²) in [6, 6.07) is 4.29. The van der Waals surface area contributed by atoms with Crippen molar-refractivity contribution in [3.8, 4) is 0 Å². The van der Waals surface area contributed by atoms with E-state index in [9.17, 15) is 0 Å². The van der Waals surface area contributed by atoms with E-state index < -0.39 is 0 Å². The first-order valence-corrected chi connectivity index (χ1v) is 7.64. The lowest BCUT2D eigenvalue weighted by Gasteiger charge is -2.22. The van der Waals surface area contributed by atoms with Crippen molar-refractivity contribution in [2.24, 2.45) is 10.9 Å². The van der Waals surface area contributed by atoms with E-state index in [0.29, 0.717) is 0 Å². The zero-order chi connectivity index (χ0) is 13.8. The summed E-state index contributed by atoms with van der Waals surface area (Å²) >= 11 is 5.68. The summed E-state index contributed by atoms with van der Waals surface area (Å²) in [6.45, 7) is 7.82. The minimum absolute atomic E-state index is 0.804. The first-order chi connectivity index (χ1) is 9.11. The van der Waals surface area contributed by atoms with Gasteiger partial charge in [-0.25, -0.2) is 0 Å². The normalized spacial score (nSPS) is 16.3. The van der Waals surface area contributed by atoms with Crippen LogP contribution in [-0.2, 0) is 0 Å². The Kier molecular flexibility index (Phi) is 4.87. The molecule has 0 atom stereocenters. The molecule has 0 spiro atoms. The van der Waals surface area contributed by atoms with Gasteiger partial charge in [0.15, 0.2) is 0 Å². The van der Waals surface area contributed by atoms with Crippen molar-refractivity contribution in [1.29, 1.82) is 0 Å². The molecule has 1 saturated carbocycles. The molecule has 1 aromatic carbocycles. The molecule has 1 aliphatic carbocycles. The Morgan fingerprint density at radius 2 is 1.89 bits per heavy atom. The molecule has 1 aliphatic rings. The molecule has 19 heavy (non-hydrogen) atoms. The number of thiocarbonyl (C=S) groups is 1. The Balaban J connectivity index is 2.14. The molecular weight excluding hydrogens is 250 g/mol. The van der Waals surface area contributed by atoms with Crippen molar-refractivity contribution < 1.29 is 0 Å². The Labute approximate surface area is 122 Å². The van der Waals surface area contributed by atoms with Gasteiger partial charge in [0.2, 0.25) is 0 Å².